The van der Waals surface area contributed by atoms with Gasteiger partial charge in [0.2, 0.25) is 0 Å². The van der Waals surface area contributed by atoms with E-state index in [1.807, 2.05) is 25.1 Å². The number of hydrogen-bond donors (Lipinski definition) is 1. The van der Waals surface area contributed by atoms with Crippen LogP contribution in [0.25, 0.3) is 11.1 Å². The first-order valence-electron chi connectivity index (χ1n) is 6.76. The van der Waals surface area contributed by atoms with E-state index in [1.54, 1.807) is 12.1 Å². The Morgan fingerprint density at radius 2 is 2.10 bits per heavy atom. The van der Waals surface area contributed by atoms with Crippen LogP contribution < -0.4 is 4.74 Å². The molecule has 20 heavy (non-hydrogen) atoms. The third-order valence-corrected chi connectivity index (χ3v) is 3.78. The molecule has 1 aliphatic heterocycles. The highest BCUT2D eigenvalue weighted by Gasteiger charge is 2.14. The molecule has 2 aromatic rings. The number of aromatic carboxylic acids is 1. The minimum Gasteiger partial charge on any atom is -0.493 e. The lowest BCUT2D eigenvalue weighted by molar-refractivity contribution is 0.0696. The van der Waals surface area contributed by atoms with Gasteiger partial charge < -0.3 is 9.84 Å². The van der Waals surface area contributed by atoms with Gasteiger partial charge in [-0.15, -0.1) is 0 Å². The number of carboxylic acids is 1. The minimum atomic E-state index is -0.884. The van der Waals surface area contributed by atoms with Crippen LogP contribution in [-0.2, 0) is 6.42 Å². The number of fused-ring (bicyclic) bond motifs is 1. The first kappa shape index (κ1) is 12.7. The summed E-state index contributed by atoms with van der Waals surface area (Å²) in [7, 11) is 0. The van der Waals surface area contributed by atoms with Gasteiger partial charge in [-0.1, -0.05) is 18.2 Å². The summed E-state index contributed by atoms with van der Waals surface area (Å²) >= 11 is 0. The summed E-state index contributed by atoms with van der Waals surface area (Å²) in [5.41, 5.74) is 4.38. The van der Waals surface area contributed by atoms with Gasteiger partial charge >= 0.3 is 5.97 Å². The monoisotopic (exact) mass is 268 g/mol. The largest absolute Gasteiger partial charge is 0.493 e. The van der Waals surface area contributed by atoms with Crippen LogP contribution in [0.4, 0.5) is 0 Å². The van der Waals surface area contributed by atoms with Crippen molar-refractivity contribution < 1.29 is 14.6 Å². The maximum Gasteiger partial charge on any atom is 0.335 e. The predicted molar refractivity (Wildman–Crippen MR) is 77.4 cm³/mol. The topological polar surface area (TPSA) is 46.5 Å². The zero-order valence-electron chi connectivity index (χ0n) is 11.3. The van der Waals surface area contributed by atoms with E-state index in [1.165, 1.54) is 5.56 Å². The third kappa shape index (κ3) is 2.16. The van der Waals surface area contributed by atoms with Crippen LogP contribution in [0, 0.1) is 6.92 Å². The number of rotatable bonds is 2. The van der Waals surface area contributed by atoms with Gasteiger partial charge in [-0.05, 0) is 60.2 Å². The van der Waals surface area contributed by atoms with Gasteiger partial charge in [0.1, 0.15) is 5.75 Å². The second-order valence-electron chi connectivity index (χ2n) is 5.06. The van der Waals surface area contributed by atoms with Gasteiger partial charge in [0, 0.05) is 0 Å². The van der Waals surface area contributed by atoms with E-state index in [0.29, 0.717) is 5.56 Å². The van der Waals surface area contributed by atoms with Gasteiger partial charge in [0.05, 0.1) is 12.2 Å². The molecule has 0 bridgehead atoms. The lowest BCUT2D eigenvalue weighted by atomic mass is 9.94. The predicted octanol–water partition coefficient (Wildman–Crippen LogP) is 3.69. The van der Waals surface area contributed by atoms with Crippen molar-refractivity contribution in [1.82, 2.24) is 0 Å². The van der Waals surface area contributed by atoms with Crippen LogP contribution in [0.5, 0.6) is 5.75 Å². The quantitative estimate of drug-likeness (QED) is 0.903. The SMILES string of the molecule is Cc1c(C(=O)O)cccc1-c1ccc2c(c1)CCCO2. The van der Waals surface area contributed by atoms with Crippen molar-refractivity contribution in [2.24, 2.45) is 0 Å². The van der Waals surface area contributed by atoms with Crippen molar-refractivity contribution in [2.45, 2.75) is 19.8 Å². The Morgan fingerprint density at radius 3 is 2.90 bits per heavy atom. The fourth-order valence-electron chi connectivity index (χ4n) is 2.71. The Bertz CT molecular complexity index is 674. The van der Waals surface area contributed by atoms with Crippen molar-refractivity contribution in [3.8, 4) is 16.9 Å². The summed E-state index contributed by atoms with van der Waals surface area (Å²) in [6.07, 6.45) is 2.05. The molecule has 0 aromatic heterocycles. The fourth-order valence-corrected chi connectivity index (χ4v) is 2.71. The highest BCUT2D eigenvalue weighted by molar-refractivity contribution is 5.92. The maximum atomic E-state index is 11.2. The van der Waals surface area contributed by atoms with E-state index < -0.39 is 5.97 Å². The molecule has 0 saturated heterocycles. The summed E-state index contributed by atoms with van der Waals surface area (Å²) in [5.74, 6) is 0.0673. The van der Waals surface area contributed by atoms with Crippen molar-refractivity contribution in [2.75, 3.05) is 6.61 Å². The van der Waals surface area contributed by atoms with Crippen LogP contribution >= 0.6 is 0 Å². The van der Waals surface area contributed by atoms with Crippen LogP contribution in [-0.4, -0.2) is 17.7 Å². The van der Waals surface area contributed by atoms with Crippen molar-refractivity contribution in [3.63, 3.8) is 0 Å². The standard InChI is InChI=1S/C17H16O3/c1-11-14(5-2-6-15(11)17(18)19)12-7-8-16-13(10-12)4-3-9-20-16/h2,5-8,10H,3-4,9H2,1H3,(H,18,19). The lowest BCUT2D eigenvalue weighted by Gasteiger charge is -2.18. The summed E-state index contributed by atoms with van der Waals surface area (Å²) in [5, 5.41) is 9.21. The van der Waals surface area contributed by atoms with Gasteiger partial charge in [-0.25, -0.2) is 4.79 Å². The molecule has 0 aliphatic carbocycles. The smallest absolute Gasteiger partial charge is 0.335 e. The second kappa shape index (κ2) is 5.00. The van der Waals surface area contributed by atoms with Crippen molar-refractivity contribution in [1.29, 1.82) is 0 Å². The Balaban J connectivity index is 2.09. The molecule has 3 rings (SSSR count). The summed E-state index contributed by atoms with van der Waals surface area (Å²) in [4.78, 5) is 11.2. The van der Waals surface area contributed by atoms with Crippen molar-refractivity contribution in [3.05, 3.63) is 53.1 Å². The molecule has 0 saturated carbocycles. The lowest BCUT2D eigenvalue weighted by Crippen LogP contribution is -2.08. The Morgan fingerprint density at radius 1 is 1.25 bits per heavy atom. The van der Waals surface area contributed by atoms with Crippen molar-refractivity contribution >= 4 is 5.97 Å². The molecule has 3 heteroatoms. The van der Waals surface area contributed by atoms with E-state index in [4.69, 9.17) is 4.74 Å². The highest BCUT2D eigenvalue weighted by atomic mass is 16.5. The van der Waals surface area contributed by atoms with E-state index in [-0.39, 0.29) is 0 Å². The van der Waals surface area contributed by atoms with E-state index in [0.717, 1.165) is 41.9 Å². The molecule has 102 valence electrons. The third-order valence-electron chi connectivity index (χ3n) is 3.78. The Kier molecular flexibility index (Phi) is 3.18. The average molecular weight is 268 g/mol. The minimum absolute atomic E-state index is 0.358. The molecule has 2 aromatic carbocycles. The summed E-state index contributed by atoms with van der Waals surface area (Å²) in [6.45, 7) is 2.63. The maximum absolute atomic E-state index is 11.2. The number of aryl methyl sites for hydroxylation is 1. The zero-order valence-corrected chi connectivity index (χ0v) is 11.3. The van der Waals surface area contributed by atoms with E-state index in [9.17, 15) is 9.90 Å². The number of carbonyl (C=O) groups is 1. The van der Waals surface area contributed by atoms with Gasteiger partial charge in [0.15, 0.2) is 0 Å². The molecule has 1 aliphatic rings. The normalized spacial score (nSPS) is 13.4. The fraction of sp³-hybridized carbons (Fsp3) is 0.235. The molecule has 3 nitrogen and oxygen atoms in total. The van der Waals surface area contributed by atoms with Crippen LogP contribution in [0.15, 0.2) is 36.4 Å². The molecule has 0 fully saturated rings. The molecule has 0 spiro atoms. The first-order chi connectivity index (χ1) is 9.66. The van der Waals surface area contributed by atoms with Gasteiger partial charge in [-0.2, -0.15) is 0 Å². The van der Waals surface area contributed by atoms with Crippen LogP contribution in [0.3, 0.4) is 0 Å². The number of carboxylic acid groups (broad SMARTS) is 1. The molecule has 0 atom stereocenters. The Labute approximate surface area is 117 Å². The number of ether oxygens (including phenoxy) is 1. The van der Waals surface area contributed by atoms with Gasteiger partial charge in [0.25, 0.3) is 0 Å². The second-order valence-corrected chi connectivity index (χ2v) is 5.06. The average Bonchev–Trinajstić information content (AvgIpc) is 2.46. The molecule has 1 heterocycles. The summed E-state index contributed by atoms with van der Waals surface area (Å²) < 4.78 is 5.61. The van der Waals surface area contributed by atoms with Gasteiger partial charge in [-0.3, -0.25) is 0 Å². The van der Waals surface area contributed by atoms with E-state index in [2.05, 4.69) is 6.07 Å². The molecule has 0 radical (unpaired) electrons. The number of benzene rings is 2. The highest BCUT2D eigenvalue weighted by Crippen LogP contribution is 2.32. The summed E-state index contributed by atoms with van der Waals surface area (Å²) in [6, 6.07) is 11.5. The molecule has 1 N–H and O–H groups in total. The molecule has 0 amide bonds. The molecular weight excluding hydrogens is 252 g/mol. The Hall–Kier alpha value is -2.29. The number of hydrogen-bond acceptors (Lipinski definition) is 2. The van der Waals surface area contributed by atoms with Crippen LogP contribution in [0.1, 0.15) is 27.9 Å². The first-order valence-corrected chi connectivity index (χ1v) is 6.76. The molecular formula is C17H16O3. The van der Waals surface area contributed by atoms with E-state index >= 15 is 0 Å². The molecule has 0 unspecified atom stereocenters. The zero-order chi connectivity index (χ0) is 14.1. The van der Waals surface area contributed by atoms with Crippen LogP contribution in [0.2, 0.25) is 0 Å².